The summed E-state index contributed by atoms with van der Waals surface area (Å²) in [6.45, 7) is 1.77. The lowest BCUT2D eigenvalue weighted by molar-refractivity contribution is -0.126. The molecular weight excluding hydrogens is 454 g/mol. The molecule has 0 spiro atoms. The Labute approximate surface area is 201 Å². The Balaban J connectivity index is 1.63. The van der Waals surface area contributed by atoms with E-state index in [1.807, 2.05) is 54.1 Å². The van der Waals surface area contributed by atoms with E-state index >= 15 is 0 Å². The van der Waals surface area contributed by atoms with Gasteiger partial charge in [0.2, 0.25) is 11.8 Å². The number of amides is 3. The van der Waals surface area contributed by atoms with Gasteiger partial charge in [-0.3, -0.25) is 19.3 Å². The van der Waals surface area contributed by atoms with Crippen molar-refractivity contribution in [3.8, 4) is 0 Å². The number of anilines is 1. The molecule has 172 valence electrons. The molecule has 2 aromatic heterocycles. The quantitative estimate of drug-likeness (QED) is 0.490. The van der Waals surface area contributed by atoms with Gasteiger partial charge in [0.25, 0.3) is 5.91 Å². The Hall–Kier alpha value is -2.97. The summed E-state index contributed by atoms with van der Waals surface area (Å²) in [6.07, 6.45) is 4.12. The standard InChI is InChI=1S/C25H27N3O3S2/c1-17-10-12-19(13-11-17)28(22(29)16-26-24(30)21-9-5-15-33-21)23(20-8-4-14-32-20)25(31)27-18-6-2-3-7-18/h4-5,8-15,18,23H,2-3,6-7,16H2,1H3,(H,26,30)(H,27,31). The number of benzene rings is 1. The van der Waals surface area contributed by atoms with Gasteiger partial charge in [0.15, 0.2) is 0 Å². The smallest absolute Gasteiger partial charge is 0.261 e. The first-order valence-electron chi connectivity index (χ1n) is 11.1. The van der Waals surface area contributed by atoms with Crippen LogP contribution in [0, 0.1) is 6.92 Å². The lowest BCUT2D eigenvalue weighted by Crippen LogP contribution is -2.48. The summed E-state index contributed by atoms with van der Waals surface area (Å²) in [7, 11) is 0. The van der Waals surface area contributed by atoms with Crippen LogP contribution >= 0.6 is 22.7 Å². The van der Waals surface area contributed by atoms with E-state index in [4.69, 9.17) is 0 Å². The molecule has 1 saturated carbocycles. The van der Waals surface area contributed by atoms with Gasteiger partial charge < -0.3 is 10.6 Å². The molecule has 2 heterocycles. The first-order valence-corrected chi connectivity index (χ1v) is 12.8. The molecule has 0 aliphatic heterocycles. The second kappa shape index (κ2) is 10.8. The van der Waals surface area contributed by atoms with Crippen molar-refractivity contribution in [3.63, 3.8) is 0 Å². The molecule has 1 unspecified atom stereocenters. The topological polar surface area (TPSA) is 78.5 Å². The first kappa shape index (κ1) is 23.2. The van der Waals surface area contributed by atoms with Crippen LogP contribution in [0.25, 0.3) is 0 Å². The maximum atomic E-state index is 13.5. The third-order valence-corrected chi connectivity index (χ3v) is 7.54. The number of aryl methyl sites for hydroxylation is 1. The molecular formula is C25H27N3O3S2. The molecule has 4 rings (SSSR count). The molecule has 1 atom stereocenters. The summed E-state index contributed by atoms with van der Waals surface area (Å²) in [5.74, 6) is -0.836. The zero-order chi connectivity index (χ0) is 23.2. The van der Waals surface area contributed by atoms with Gasteiger partial charge in [-0.05, 0) is 54.8 Å². The highest BCUT2D eigenvalue weighted by molar-refractivity contribution is 7.12. The molecule has 1 aliphatic carbocycles. The van der Waals surface area contributed by atoms with Gasteiger partial charge in [-0.2, -0.15) is 0 Å². The van der Waals surface area contributed by atoms with Crippen LogP contribution < -0.4 is 15.5 Å². The molecule has 3 aromatic rings. The summed E-state index contributed by atoms with van der Waals surface area (Å²) in [6, 6.07) is 14.1. The highest BCUT2D eigenvalue weighted by atomic mass is 32.1. The van der Waals surface area contributed by atoms with E-state index in [9.17, 15) is 14.4 Å². The highest BCUT2D eigenvalue weighted by Crippen LogP contribution is 2.32. The molecule has 0 saturated heterocycles. The van der Waals surface area contributed by atoms with Gasteiger partial charge in [-0.1, -0.05) is 42.7 Å². The molecule has 1 aromatic carbocycles. The summed E-state index contributed by atoms with van der Waals surface area (Å²) >= 11 is 2.76. The average Bonchev–Trinajstić information content (AvgIpc) is 3.60. The van der Waals surface area contributed by atoms with Crippen LogP contribution in [0.5, 0.6) is 0 Å². The Morgan fingerprint density at radius 3 is 2.33 bits per heavy atom. The average molecular weight is 482 g/mol. The maximum Gasteiger partial charge on any atom is 0.261 e. The van der Waals surface area contributed by atoms with E-state index in [2.05, 4.69) is 10.6 Å². The Kier molecular flexibility index (Phi) is 7.57. The number of rotatable bonds is 8. The van der Waals surface area contributed by atoms with Crippen molar-refractivity contribution in [2.24, 2.45) is 0 Å². The van der Waals surface area contributed by atoms with E-state index in [1.54, 1.807) is 12.1 Å². The van der Waals surface area contributed by atoms with E-state index in [0.717, 1.165) is 36.1 Å². The number of carbonyl (C=O) groups excluding carboxylic acids is 3. The van der Waals surface area contributed by atoms with Crippen molar-refractivity contribution < 1.29 is 14.4 Å². The fourth-order valence-electron chi connectivity index (χ4n) is 4.05. The van der Waals surface area contributed by atoms with Crippen LogP contribution in [0.15, 0.2) is 59.3 Å². The minimum Gasteiger partial charge on any atom is -0.351 e. The summed E-state index contributed by atoms with van der Waals surface area (Å²) < 4.78 is 0. The van der Waals surface area contributed by atoms with Crippen molar-refractivity contribution in [1.82, 2.24) is 10.6 Å². The number of nitrogens with zero attached hydrogens (tertiary/aromatic N) is 1. The first-order chi connectivity index (χ1) is 16.0. The predicted molar refractivity (Wildman–Crippen MR) is 133 cm³/mol. The molecule has 0 bridgehead atoms. The second-order valence-corrected chi connectivity index (χ2v) is 10.1. The van der Waals surface area contributed by atoms with Gasteiger partial charge in [0.05, 0.1) is 11.4 Å². The van der Waals surface area contributed by atoms with Crippen LogP contribution in [0.2, 0.25) is 0 Å². The lowest BCUT2D eigenvalue weighted by atomic mass is 10.1. The lowest BCUT2D eigenvalue weighted by Gasteiger charge is -2.31. The van der Waals surface area contributed by atoms with Gasteiger partial charge in [-0.15, -0.1) is 22.7 Å². The normalized spacial score (nSPS) is 14.6. The molecule has 0 radical (unpaired) electrons. The Morgan fingerprint density at radius 2 is 1.70 bits per heavy atom. The molecule has 1 fully saturated rings. The fourth-order valence-corrected chi connectivity index (χ4v) is 5.50. The molecule has 1 aliphatic rings. The Morgan fingerprint density at radius 1 is 1.00 bits per heavy atom. The summed E-state index contributed by atoms with van der Waals surface area (Å²) in [5.41, 5.74) is 1.68. The van der Waals surface area contributed by atoms with Gasteiger partial charge in [-0.25, -0.2) is 0 Å². The van der Waals surface area contributed by atoms with E-state index < -0.39 is 6.04 Å². The highest BCUT2D eigenvalue weighted by Gasteiger charge is 2.35. The van der Waals surface area contributed by atoms with E-state index in [1.165, 1.54) is 27.6 Å². The molecule has 33 heavy (non-hydrogen) atoms. The van der Waals surface area contributed by atoms with Crippen molar-refractivity contribution in [2.45, 2.75) is 44.7 Å². The monoisotopic (exact) mass is 481 g/mol. The number of carbonyl (C=O) groups is 3. The third-order valence-electron chi connectivity index (χ3n) is 5.75. The maximum absolute atomic E-state index is 13.5. The number of nitrogens with one attached hydrogen (secondary N) is 2. The van der Waals surface area contributed by atoms with Crippen molar-refractivity contribution in [2.75, 3.05) is 11.4 Å². The SMILES string of the molecule is Cc1ccc(N(C(=O)CNC(=O)c2cccs2)C(C(=O)NC2CCCC2)c2cccs2)cc1. The van der Waals surface area contributed by atoms with Gasteiger partial charge >= 0.3 is 0 Å². The molecule has 6 nitrogen and oxygen atoms in total. The number of thiophene rings is 2. The zero-order valence-corrected chi connectivity index (χ0v) is 20.1. The van der Waals surface area contributed by atoms with Gasteiger partial charge in [0.1, 0.15) is 6.04 Å². The molecule has 2 N–H and O–H groups in total. The number of hydrogen-bond acceptors (Lipinski definition) is 5. The predicted octanol–water partition coefficient (Wildman–Crippen LogP) is 4.68. The summed E-state index contributed by atoms with van der Waals surface area (Å²) in [4.78, 5) is 42.3. The molecule has 8 heteroatoms. The largest absolute Gasteiger partial charge is 0.351 e. The Bertz CT molecular complexity index is 1070. The van der Waals surface area contributed by atoms with E-state index in [0.29, 0.717) is 10.6 Å². The minimum absolute atomic E-state index is 0.133. The van der Waals surface area contributed by atoms with E-state index in [-0.39, 0.29) is 30.3 Å². The van der Waals surface area contributed by atoms with Crippen molar-refractivity contribution in [1.29, 1.82) is 0 Å². The van der Waals surface area contributed by atoms with Crippen molar-refractivity contribution >= 4 is 46.1 Å². The van der Waals surface area contributed by atoms with Crippen LogP contribution in [0.3, 0.4) is 0 Å². The number of hydrogen-bond donors (Lipinski definition) is 2. The second-order valence-electron chi connectivity index (χ2n) is 8.17. The molecule has 3 amide bonds. The van der Waals surface area contributed by atoms with Crippen LogP contribution in [-0.2, 0) is 9.59 Å². The van der Waals surface area contributed by atoms with Crippen LogP contribution in [-0.4, -0.2) is 30.3 Å². The summed E-state index contributed by atoms with van der Waals surface area (Å²) in [5, 5.41) is 9.59. The zero-order valence-electron chi connectivity index (χ0n) is 18.5. The minimum atomic E-state index is -0.806. The third kappa shape index (κ3) is 5.69. The van der Waals surface area contributed by atoms with Crippen LogP contribution in [0.1, 0.15) is 51.8 Å². The van der Waals surface area contributed by atoms with Crippen molar-refractivity contribution in [3.05, 3.63) is 74.6 Å². The fraction of sp³-hybridized carbons (Fsp3) is 0.320. The van der Waals surface area contributed by atoms with Gasteiger partial charge in [0, 0.05) is 16.6 Å². The van der Waals surface area contributed by atoms with Crippen LogP contribution in [0.4, 0.5) is 5.69 Å².